The van der Waals surface area contributed by atoms with E-state index >= 15 is 0 Å². The Morgan fingerprint density at radius 2 is 1.72 bits per heavy atom. The molecule has 0 aromatic heterocycles. The highest BCUT2D eigenvalue weighted by Gasteiger charge is 2.19. The summed E-state index contributed by atoms with van der Waals surface area (Å²) in [6, 6.07) is 0. The lowest BCUT2D eigenvalue weighted by molar-refractivity contribution is 0.248. The Morgan fingerprint density at radius 3 is 2.22 bits per heavy atom. The van der Waals surface area contributed by atoms with Crippen LogP contribution in [0.1, 0.15) is 39.5 Å². The molecule has 0 bridgehead atoms. The summed E-state index contributed by atoms with van der Waals surface area (Å²) in [6.07, 6.45) is 5.15. The molecule has 1 aliphatic rings. The molecule has 1 heterocycles. The van der Waals surface area contributed by atoms with E-state index in [1.165, 1.54) is 25.7 Å². The van der Waals surface area contributed by atoms with Crippen LogP contribution in [0.25, 0.3) is 0 Å². The van der Waals surface area contributed by atoms with Crippen LogP contribution in [0.15, 0.2) is 4.99 Å². The zero-order valence-corrected chi connectivity index (χ0v) is 12.6. The van der Waals surface area contributed by atoms with Gasteiger partial charge in [0.2, 0.25) is 0 Å². The van der Waals surface area contributed by atoms with Gasteiger partial charge in [-0.1, -0.05) is 26.7 Å². The molecule has 1 saturated heterocycles. The van der Waals surface area contributed by atoms with Gasteiger partial charge in [0.15, 0.2) is 5.96 Å². The molecule has 0 amide bonds. The average molecular weight is 254 g/mol. The summed E-state index contributed by atoms with van der Waals surface area (Å²) < 4.78 is 0. The van der Waals surface area contributed by atoms with Crippen LogP contribution in [-0.4, -0.2) is 56.0 Å². The van der Waals surface area contributed by atoms with E-state index in [1.54, 1.807) is 0 Å². The van der Waals surface area contributed by atoms with Gasteiger partial charge in [-0.2, -0.15) is 0 Å². The fraction of sp³-hybridized carbons (Fsp3) is 0.929. The maximum absolute atomic E-state index is 6.12. The Kier molecular flexibility index (Phi) is 5.93. The summed E-state index contributed by atoms with van der Waals surface area (Å²) in [5, 5.41) is 0. The molecule has 0 atom stereocenters. The third-order valence-corrected chi connectivity index (χ3v) is 3.34. The van der Waals surface area contributed by atoms with E-state index in [4.69, 9.17) is 5.73 Å². The van der Waals surface area contributed by atoms with Crippen molar-refractivity contribution in [2.24, 2.45) is 16.1 Å². The molecule has 0 unspecified atom stereocenters. The fourth-order valence-corrected chi connectivity index (χ4v) is 2.60. The summed E-state index contributed by atoms with van der Waals surface area (Å²) in [5.74, 6) is 0.740. The third kappa shape index (κ3) is 5.71. The van der Waals surface area contributed by atoms with Crippen molar-refractivity contribution in [3.63, 3.8) is 0 Å². The van der Waals surface area contributed by atoms with Crippen molar-refractivity contribution < 1.29 is 0 Å². The predicted octanol–water partition coefficient (Wildman–Crippen LogP) is 1.76. The van der Waals surface area contributed by atoms with E-state index in [1.807, 2.05) is 0 Å². The summed E-state index contributed by atoms with van der Waals surface area (Å²) in [7, 11) is 4.20. The largest absolute Gasteiger partial charge is 0.370 e. The fourth-order valence-electron chi connectivity index (χ4n) is 2.60. The van der Waals surface area contributed by atoms with Crippen molar-refractivity contribution >= 4 is 5.96 Å². The minimum Gasteiger partial charge on any atom is -0.370 e. The zero-order chi connectivity index (χ0) is 13.6. The average Bonchev–Trinajstić information content (AvgIpc) is 2.52. The van der Waals surface area contributed by atoms with Gasteiger partial charge in [-0.15, -0.1) is 0 Å². The molecule has 4 nitrogen and oxygen atoms in total. The van der Waals surface area contributed by atoms with Crippen molar-refractivity contribution in [2.45, 2.75) is 39.5 Å². The Bertz CT molecular complexity index is 263. The first kappa shape index (κ1) is 15.3. The van der Waals surface area contributed by atoms with Crippen molar-refractivity contribution in [2.75, 3.05) is 40.3 Å². The number of rotatable bonds is 4. The van der Waals surface area contributed by atoms with Gasteiger partial charge in [-0.25, -0.2) is 0 Å². The maximum atomic E-state index is 6.12. The van der Waals surface area contributed by atoms with Gasteiger partial charge in [0.25, 0.3) is 0 Å². The number of nitrogens with zero attached hydrogens (tertiary/aromatic N) is 3. The van der Waals surface area contributed by atoms with Gasteiger partial charge < -0.3 is 15.5 Å². The molecular weight excluding hydrogens is 224 g/mol. The molecule has 0 aliphatic carbocycles. The normalized spacial score (nSPS) is 19.2. The Hall–Kier alpha value is -0.770. The van der Waals surface area contributed by atoms with Crippen LogP contribution in [-0.2, 0) is 0 Å². The van der Waals surface area contributed by atoms with Crippen LogP contribution >= 0.6 is 0 Å². The van der Waals surface area contributed by atoms with Crippen molar-refractivity contribution in [3.05, 3.63) is 0 Å². The number of likely N-dealkylation sites (tertiary alicyclic amines) is 1. The van der Waals surface area contributed by atoms with Crippen molar-refractivity contribution in [1.82, 2.24) is 9.80 Å². The summed E-state index contributed by atoms with van der Waals surface area (Å²) >= 11 is 0. The SMILES string of the molecule is CN(C)CC(C)(C)CN=C(N)N1CCCCCC1. The van der Waals surface area contributed by atoms with Crippen LogP contribution in [0, 0.1) is 5.41 Å². The second kappa shape index (κ2) is 6.98. The second-order valence-electron chi connectivity index (χ2n) is 6.48. The van der Waals surface area contributed by atoms with E-state index in [0.717, 1.165) is 32.1 Å². The molecule has 4 heteroatoms. The number of hydrogen-bond donors (Lipinski definition) is 1. The molecule has 1 fully saturated rings. The van der Waals surface area contributed by atoms with Crippen LogP contribution in [0.4, 0.5) is 0 Å². The lowest BCUT2D eigenvalue weighted by Crippen LogP contribution is -2.39. The minimum absolute atomic E-state index is 0.181. The molecule has 0 spiro atoms. The van der Waals surface area contributed by atoms with E-state index in [-0.39, 0.29) is 5.41 Å². The van der Waals surface area contributed by atoms with Gasteiger partial charge in [0.1, 0.15) is 0 Å². The molecule has 0 aromatic carbocycles. The van der Waals surface area contributed by atoms with E-state index in [0.29, 0.717) is 0 Å². The molecule has 0 aromatic rings. The Morgan fingerprint density at radius 1 is 1.17 bits per heavy atom. The van der Waals surface area contributed by atoms with Gasteiger partial charge in [-0.3, -0.25) is 4.99 Å². The second-order valence-corrected chi connectivity index (χ2v) is 6.48. The molecule has 1 rings (SSSR count). The van der Waals surface area contributed by atoms with Crippen LogP contribution in [0.5, 0.6) is 0 Å². The quantitative estimate of drug-likeness (QED) is 0.614. The lowest BCUT2D eigenvalue weighted by atomic mass is 9.93. The lowest BCUT2D eigenvalue weighted by Gasteiger charge is -2.28. The van der Waals surface area contributed by atoms with Gasteiger partial charge >= 0.3 is 0 Å². The van der Waals surface area contributed by atoms with Crippen LogP contribution < -0.4 is 5.73 Å². The number of guanidine groups is 1. The monoisotopic (exact) mass is 254 g/mol. The molecule has 0 radical (unpaired) electrons. The summed E-state index contributed by atoms with van der Waals surface area (Å²) in [6.45, 7) is 8.46. The smallest absolute Gasteiger partial charge is 0.191 e. The topological polar surface area (TPSA) is 44.9 Å². The minimum atomic E-state index is 0.181. The highest BCUT2D eigenvalue weighted by atomic mass is 15.2. The molecule has 0 saturated carbocycles. The molecule has 18 heavy (non-hydrogen) atoms. The number of hydrogen-bond acceptors (Lipinski definition) is 2. The maximum Gasteiger partial charge on any atom is 0.191 e. The summed E-state index contributed by atoms with van der Waals surface area (Å²) in [5.41, 5.74) is 6.30. The first-order valence-electron chi connectivity index (χ1n) is 7.10. The first-order valence-corrected chi connectivity index (χ1v) is 7.10. The highest BCUT2D eigenvalue weighted by molar-refractivity contribution is 5.78. The number of nitrogens with two attached hydrogens (primary N) is 1. The van der Waals surface area contributed by atoms with Crippen molar-refractivity contribution in [3.8, 4) is 0 Å². The standard InChI is InChI=1S/C14H30N4/c1-14(2,12-17(3)4)11-16-13(15)18-9-7-5-6-8-10-18/h5-12H2,1-4H3,(H2,15,16). The number of aliphatic imine (C=N–C) groups is 1. The molecular formula is C14H30N4. The Labute approximate surface area is 112 Å². The summed E-state index contributed by atoms with van der Waals surface area (Å²) in [4.78, 5) is 9.06. The first-order chi connectivity index (χ1) is 8.41. The van der Waals surface area contributed by atoms with E-state index < -0.39 is 0 Å². The van der Waals surface area contributed by atoms with Crippen LogP contribution in [0.3, 0.4) is 0 Å². The van der Waals surface area contributed by atoms with Crippen LogP contribution in [0.2, 0.25) is 0 Å². The highest BCUT2D eigenvalue weighted by Crippen LogP contribution is 2.16. The van der Waals surface area contributed by atoms with E-state index in [9.17, 15) is 0 Å². The van der Waals surface area contributed by atoms with Gasteiger partial charge in [0, 0.05) is 26.2 Å². The molecule has 2 N–H and O–H groups in total. The third-order valence-electron chi connectivity index (χ3n) is 3.34. The predicted molar refractivity (Wildman–Crippen MR) is 78.9 cm³/mol. The molecule has 106 valence electrons. The Balaban J connectivity index is 2.49. The molecule has 1 aliphatic heterocycles. The van der Waals surface area contributed by atoms with Crippen molar-refractivity contribution in [1.29, 1.82) is 0 Å². The zero-order valence-electron chi connectivity index (χ0n) is 12.6. The van der Waals surface area contributed by atoms with Gasteiger partial charge in [0.05, 0.1) is 0 Å². The van der Waals surface area contributed by atoms with E-state index in [2.05, 4.69) is 42.7 Å². The van der Waals surface area contributed by atoms with Gasteiger partial charge in [-0.05, 0) is 32.4 Å².